The number of nitrogens with zero attached hydrogens (tertiary/aromatic N) is 1. The van der Waals surface area contributed by atoms with Gasteiger partial charge in [0.25, 0.3) is 7.82 Å². The van der Waals surface area contributed by atoms with Gasteiger partial charge in [0.05, 0.1) is 33.8 Å². The van der Waals surface area contributed by atoms with Crippen LogP contribution in [0.25, 0.3) is 0 Å². The largest absolute Gasteiger partial charge is 0.756 e. The Morgan fingerprint density at radius 2 is 0.726 bits per heavy atom. The molecule has 10 heteroatoms. The highest BCUT2D eigenvalue weighted by atomic mass is 31.2. The van der Waals surface area contributed by atoms with Gasteiger partial charge in [0, 0.05) is 12.8 Å². The zero-order chi connectivity index (χ0) is 61.4. The Labute approximate surface area is 521 Å². The molecule has 0 saturated heterocycles. The molecule has 0 heterocycles. The van der Waals surface area contributed by atoms with Crippen LogP contribution in [-0.2, 0) is 27.9 Å². The predicted octanol–water partition coefficient (Wildman–Crippen LogP) is 22.3. The normalized spacial score (nSPS) is 13.8. The van der Waals surface area contributed by atoms with E-state index in [1.807, 2.05) is 33.3 Å². The molecular weight excluding hydrogens is 1060 g/mol. The van der Waals surface area contributed by atoms with E-state index in [0.29, 0.717) is 17.4 Å². The molecule has 0 aromatic carbocycles. The maximum atomic E-state index is 13.6. The van der Waals surface area contributed by atoms with Crippen LogP contribution in [0, 0.1) is 0 Å². The topological polar surface area (TPSA) is 114 Å². The lowest BCUT2D eigenvalue weighted by Crippen LogP contribution is -2.47. The van der Waals surface area contributed by atoms with Gasteiger partial charge < -0.3 is 28.5 Å². The van der Waals surface area contributed by atoms with Gasteiger partial charge in [-0.15, -0.1) is 0 Å². The second-order valence-corrected chi connectivity index (χ2v) is 27.2. The van der Waals surface area contributed by atoms with Crippen molar-refractivity contribution in [3.63, 3.8) is 0 Å². The van der Waals surface area contributed by atoms with E-state index in [-0.39, 0.29) is 31.5 Å². The van der Waals surface area contributed by atoms with Crippen molar-refractivity contribution in [3.05, 3.63) is 60.8 Å². The molecule has 0 aliphatic heterocycles. The zero-order valence-corrected chi connectivity index (χ0v) is 57.3. The number of esters is 1. The molecule has 0 radical (unpaired) electrons. The van der Waals surface area contributed by atoms with Crippen molar-refractivity contribution >= 4 is 19.7 Å². The molecule has 0 aliphatic rings. The number of phosphoric acid groups is 1. The predicted molar refractivity (Wildman–Crippen MR) is 362 cm³/mol. The second-order valence-electron chi connectivity index (χ2n) is 25.7. The average Bonchev–Trinajstić information content (AvgIpc) is 3.64. The van der Waals surface area contributed by atoms with Crippen LogP contribution < -0.4 is 10.2 Å². The summed E-state index contributed by atoms with van der Waals surface area (Å²) in [5, 5.41) is 3.04. The highest BCUT2D eigenvalue weighted by Gasteiger charge is 2.27. The maximum Gasteiger partial charge on any atom is 0.306 e. The summed E-state index contributed by atoms with van der Waals surface area (Å²) in [6, 6.07) is -0.892. The Bertz CT molecular complexity index is 1620. The monoisotopic (exact) mass is 1200 g/mol. The van der Waals surface area contributed by atoms with E-state index in [1.54, 1.807) is 0 Å². The third-order valence-corrected chi connectivity index (χ3v) is 17.2. The van der Waals surface area contributed by atoms with Gasteiger partial charge in [-0.2, -0.15) is 0 Å². The van der Waals surface area contributed by atoms with E-state index in [2.05, 4.69) is 74.7 Å². The lowest BCUT2D eigenvalue weighted by molar-refractivity contribution is -0.870. The number of amides is 1. The summed E-state index contributed by atoms with van der Waals surface area (Å²) < 4.78 is 30.5. The molecule has 0 rings (SSSR count). The van der Waals surface area contributed by atoms with Crippen molar-refractivity contribution in [2.24, 2.45) is 0 Å². The summed E-state index contributed by atoms with van der Waals surface area (Å²) in [4.78, 5) is 40.2. The molecule has 84 heavy (non-hydrogen) atoms. The fourth-order valence-electron chi connectivity index (χ4n) is 10.6. The minimum absolute atomic E-state index is 0.0231. The van der Waals surface area contributed by atoms with Crippen molar-refractivity contribution < 1.29 is 37.3 Å². The van der Waals surface area contributed by atoms with Gasteiger partial charge in [0.2, 0.25) is 5.91 Å². The third-order valence-electron chi connectivity index (χ3n) is 16.2. The maximum absolute atomic E-state index is 13.6. The number of carbonyl (C=O) groups is 2. The van der Waals surface area contributed by atoms with Gasteiger partial charge in [0.1, 0.15) is 19.3 Å². The van der Waals surface area contributed by atoms with E-state index in [1.165, 1.54) is 225 Å². The summed E-state index contributed by atoms with van der Waals surface area (Å²) in [6.07, 6.45) is 82.0. The Hall–Kier alpha value is -2.29. The SMILES string of the molecule is CCCCC/C=C\C/C=C\C/C=C\C/C=C\CCCCCCCCCCCC(=O)NC(COP(=O)([O-])OCC[N+](C)(C)C)C(/C=C/CCCCCCCCCCCC)OC(=O)CCCCCCCCCCCCCCCCCCCCCCC. The molecule has 1 N–H and O–H groups in total. The fraction of sp³-hybridized carbons (Fsp3) is 0.838. The van der Waals surface area contributed by atoms with E-state index in [9.17, 15) is 19.0 Å². The summed E-state index contributed by atoms with van der Waals surface area (Å²) in [5.74, 6) is -0.533. The summed E-state index contributed by atoms with van der Waals surface area (Å²) in [7, 11) is 1.19. The molecule has 0 aromatic heterocycles. The Balaban J connectivity index is 5.06. The van der Waals surface area contributed by atoms with Crippen LogP contribution in [0.3, 0.4) is 0 Å². The minimum atomic E-state index is -4.71. The molecule has 0 fully saturated rings. The first-order valence-electron chi connectivity index (χ1n) is 36.1. The number of likely N-dealkylation sites (N-methyl/N-ethyl adjacent to an activating group) is 1. The van der Waals surface area contributed by atoms with Crippen LogP contribution >= 0.6 is 7.82 Å². The number of allylic oxidation sites excluding steroid dienone is 9. The van der Waals surface area contributed by atoms with Crippen LogP contribution in [0.5, 0.6) is 0 Å². The first-order chi connectivity index (χ1) is 40.9. The average molecular weight is 1200 g/mol. The number of ether oxygens (including phenoxy) is 1. The van der Waals surface area contributed by atoms with Gasteiger partial charge in [-0.25, -0.2) is 0 Å². The summed E-state index contributed by atoms with van der Waals surface area (Å²) in [5.41, 5.74) is 0. The van der Waals surface area contributed by atoms with E-state index < -0.39 is 20.0 Å². The number of carbonyl (C=O) groups excluding carboxylic acids is 2. The van der Waals surface area contributed by atoms with Crippen LogP contribution in [0.4, 0.5) is 0 Å². The summed E-state index contributed by atoms with van der Waals surface area (Å²) >= 11 is 0. The fourth-order valence-corrected chi connectivity index (χ4v) is 11.3. The Morgan fingerprint density at radius 1 is 0.417 bits per heavy atom. The standard InChI is InChI=1S/C74H139N2O7P/c1-7-10-13-16-19-22-25-28-30-32-34-36-37-38-39-41-42-44-46-48-51-54-57-60-63-66-73(77)75-71(70-82-84(79,80)81-69-68-76(4,5)6)72(65-62-59-56-53-50-27-24-21-18-15-12-9-3)83-74(78)67-64-61-58-55-52-49-47-45-43-40-35-33-31-29-26-23-20-17-14-11-8-2/h19,22,28,30,34,36,38-39,62,65,71-72H,7-18,20-21,23-27,29,31-33,35,37,40-61,63-64,66-70H2,1-6H3,(H-,75,77,79,80)/b22-19-,30-28-,36-34-,39-38-,65-62+. The van der Waals surface area contributed by atoms with Gasteiger partial charge in [-0.1, -0.05) is 319 Å². The molecule has 0 saturated carbocycles. The van der Waals surface area contributed by atoms with Gasteiger partial charge in [0.15, 0.2) is 0 Å². The third kappa shape index (κ3) is 64.2. The smallest absolute Gasteiger partial charge is 0.306 e. The minimum Gasteiger partial charge on any atom is -0.756 e. The lowest BCUT2D eigenvalue weighted by atomic mass is 10.0. The first kappa shape index (κ1) is 81.7. The van der Waals surface area contributed by atoms with E-state index in [0.717, 1.165) is 89.9 Å². The molecular formula is C74H139N2O7P. The molecule has 0 aromatic rings. The zero-order valence-electron chi connectivity index (χ0n) is 56.4. The molecule has 0 spiro atoms. The summed E-state index contributed by atoms with van der Waals surface area (Å²) in [6.45, 7) is 6.86. The van der Waals surface area contributed by atoms with Crippen molar-refractivity contribution in [1.29, 1.82) is 0 Å². The van der Waals surface area contributed by atoms with Crippen molar-refractivity contribution in [2.75, 3.05) is 40.9 Å². The number of nitrogens with one attached hydrogen (secondary N) is 1. The van der Waals surface area contributed by atoms with Gasteiger partial charge >= 0.3 is 5.97 Å². The highest BCUT2D eigenvalue weighted by molar-refractivity contribution is 7.45. The Morgan fingerprint density at radius 3 is 1.11 bits per heavy atom. The number of unbranched alkanes of at least 4 members (excludes halogenated alkanes) is 42. The molecule has 0 bridgehead atoms. The van der Waals surface area contributed by atoms with Crippen LogP contribution in [-0.4, -0.2) is 69.4 Å². The number of phosphoric ester groups is 1. The lowest BCUT2D eigenvalue weighted by Gasteiger charge is -2.30. The molecule has 1 amide bonds. The number of hydrogen-bond acceptors (Lipinski definition) is 7. The van der Waals surface area contributed by atoms with Crippen LogP contribution in [0.15, 0.2) is 60.8 Å². The molecule has 0 aliphatic carbocycles. The molecule has 3 unspecified atom stereocenters. The van der Waals surface area contributed by atoms with Gasteiger partial charge in [-0.3, -0.25) is 14.2 Å². The number of hydrogen-bond donors (Lipinski definition) is 1. The number of rotatable bonds is 66. The Kier molecular flexibility index (Phi) is 62.0. The molecule has 9 nitrogen and oxygen atoms in total. The first-order valence-corrected chi connectivity index (χ1v) is 37.6. The second kappa shape index (κ2) is 63.7. The van der Waals surface area contributed by atoms with E-state index >= 15 is 0 Å². The quantitative estimate of drug-likeness (QED) is 0.0212. The van der Waals surface area contributed by atoms with Crippen molar-refractivity contribution in [3.8, 4) is 0 Å². The molecule has 3 atom stereocenters. The highest BCUT2D eigenvalue weighted by Crippen LogP contribution is 2.38. The van der Waals surface area contributed by atoms with Gasteiger partial charge in [-0.05, 0) is 76.7 Å². The van der Waals surface area contributed by atoms with Crippen LogP contribution in [0.2, 0.25) is 0 Å². The number of quaternary nitrogens is 1. The molecule has 492 valence electrons. The van der Waals surface area contributed by atoms with E-state index in [4.69, 9.17) is 13.8 Å². The van der Waals surface area contributed by atoms with Crippen molar-refractivity contribution in [1.82, 2.24) is 5.32 Å². The van der Waals surface area contributed by atoms with Crippen molar-refractivity contribution in [2.45, 2.75) is 360 Å². The van der Waals surface area contributed by atoms with Crippen LogP contribution in [0.1, 0.15) is 348 Å².